The summed E-state index contributed by atoms with van der Waals surface area (Å²) in [4.78, 5) is 36.5. The van der Waals surface area contributed by atoms with Crippen LogP contribution in [0.3, 0.4) is 0 Å². The van der Waals surface area contributed by atoms with E-state index < -0.39 is 5.82 Å². The highest BCUT2D eigenvalue weighted by Crippen LogP contribution is 2.13. The fraction of sp³-hybridized carbons (Fsp3) is 0.211. The molecule has 2 aromatic carbocycles. The van der Waals surface area contributed by atoms with Gasteiger partial charge >= 0.3 is 0 Å². The number of likely N-dealkylation sites (N-methyl/N-ethyl adjacent to an activating group) is 1. The predicted molar refractivity (Wildman–Crippen MR) is 102 cm³/mol. The average Bonchev–Trinajstić information content (AvgIpc) is 2.55. The maximum Gasteiger partial charge on any atom is 0.238 e. The zero-order chi connectivity index (χ0) is 19.8. The maximum atomic E-state index is 13.1. The quantitative estimate of drug-likeness (QED) is 0.696. The molecule has 0 heterocycles. The smallest absolute Gasteiger partial charge is 0.238 e. The lowest BCUT2D eigenvalue weighted by Crippen LogP contribution is -2.36. The van der Waals surface area contributed by atoms with Gasteiger partial charge in [-0.05, 0) is 49.5 Å². The van der Waals surface area contributed by atoms with E-state index in [2.05, 4.69) is 16.0 Å². The molecule has 27 heavy (non-hydrogen) atoms. The molecule has 0 unspecified atom stereocenters. The minimum absolute atomic E-state index is 0.00399. The molecule has 0 aromatic heterocycles. The van der Waals surface area contributed by atoms with Gasteiger partial charge in [0.2, 0.25) is 17.7 Å². The minimum atomic E-state index is -0.440. The van der Waals surface area contributed by atoms with E-state index in [-0.39, 0.29) is 30.8 Å². The number of halogens is 1. The van der Waals surface area contributed by atoms with Crippen LogP contribution in [0.25, 0.3) is 0 Å². The van der Waals surface area contributed by atoms with Crippen LogP contribution in [0.2, 0.25) is 0 Å². The van der Waals surface area contributed by atoms with Crippen LogP contribution in [0.15, 0.2) is 48.5 Å². The summed E-state index contributed by atoms with van der Waals surface area (Å²) in [5.41, 5.74) is 1.57. The number of carbonyl (C=O) groups is 3. The van der Waals surface area contributed by atoms with Gasteiger partial charge in [0.25, 0.3) is 0 Å². The number of anilines is 3. The summed E-state index contributed by atoms with van der Waals surface area (Å²) >= 11 is 0. The molecule has 0 atom stereocenters. The van der Waals surface area contributed by atoms with E-state index in [1.54, 1.807) is 37.4 Å². The number of nitrogens with zero attached hydrogens (tertiary/aromatic N) is 1. The number of rotatable bonds is 7. The summed E-state index contributed by atoms with van der Waals surface area (Å²) in [6.07, 6.45) is 0. The van der Waals surface area contributed by atoms with Gasteiger partial charge in [-0.25, -0.2) is 4.39 Å². The van der Waals surface area contributed by atoms with Gasteiger partial charge < -0.3 is 16.0 Å². The zero-order valence-electron chi connectivity index (χ0n) is 15.1. The van der Waals surface area contributed by atoms with Gasteiger partial charge in [-0.15, -0.1) is 0 Å². The Morgan fingerprint density at radius 3 is 1.89 bits per heavy atom. The fourth-order valence-electron chi connectivity index (χ4n) is 2.35. The summed E-state index contributed by atoms with van der Waals surface area (Å²) in [5.74, 6) is -1.26. The molecule has 0 fully saturated rings. The Morgan fingerprint density at radius 1 is 0.852 bits per heavy atom. The summed E-state index contributed by atoms with van der Waals surface area (Å²) < 4.78 is 13.1. The molecular weight excluding hydrogens is 351 g/mol. The van der Waals surface area contributed by atoms with Crippen molar-refractivity contribution in [2.45, 2.75) is 6.92 Å². The Kier molecular flexibility index (Phi) is 7.01. The van der Waals surface area contributed by atoms with Crippen LogP contribution in [0.1, 0.15) is 6.92 Å². The molecule has 0 aliphatic heterocycles. The monoisotopic (exact) mass is 372 g/mol. The molecule has 0 aliphatic rings. The Labute approximate surface area is 156 Å². The van der Waals surface area contributed by atoms with E-state index in [0.717, 1.165) is 0 Å². The van der Waals surface area contributed by atoms with Gasteiger partial charge in [0.05, 0.1) is 13.1 Å². The molecule has 8 heteroatoms. The number of carbonyl (C=O) groups excluding carboxylic acids is 3. The predicted octanol–water partition coefficient (Wildman–Crippen LogP) is 2.29. The molecule has 0 saturated heterocycles. The number of hydrogen-bond donors (Lipinski definition) is 3. The second kappa shape index (κ2) is 9.44. The van der Waals surface area contributed by atoms with Crippen LogP contribution in [-0.4, -0.2) is 42.8 Å². The van der Waals surface area contributed by atoms with Crippen LogP contribution in [0.5, 0.6) is 0 Å². The maximum absolute atomic E-state index is 13.1. The first-order chi connectivity index (χ1) is 12.8. The molecule has 3 amide bonds. The molecule has 3 N–H and O–H groups in total. The second-order valence-electron chi connectivity index (χ2n) is 6.04. The Bertz CT molecular complexity index is 824. The molecular formula is C19H21FN4O3. The lowest BCUT2D eigenvalue weighted by Gasteiger charge is -2.16. The molecule has 0 spiro atoms. The van der Waals surface area contributed by atoms with Crippen molar-refractivity contribution in [3.8, 4) is 0 Å². The molecule has 142 valence electrons. The topological polar surface area (TPSA) is 90.5 Å². The third kappa shape index (κ3) is 7.25. The molecule has 0 bridgehead atoms. The van der Waals surface area contributed by atoms with E-state index >= 15 is 0 Å². The highest BCUT2D eigenvalue weighted by atomic mass is 19.1. The fourth-order valence-corrected chi connectivity index (χ4v) is 2.35. The van der Waals surface area contributed by atoms with E-state index in [0.29, 0.717) is 17.1 Å². The van der Waals surface area contributed by atoms with Crippen molar-refractivity contribution in [2.24, 2.45) is 0 Å². The van der Waals surface area contributed by atoms with Crippen molar-refractivity contribution in [3.05, 3.63) is 54.3 Å². The van der Waals surface area contributed by atoms with Crippen molar-refractivity contribution in [3.63, 3.8) is 0 Å². The van der Waals surface area contributed by atoms with Crippen molar-refractivity contribution in [1.82, 2.24) is 4.90 Å². The van der Waals surface area contributed by atoms with E-state index in [9.17, 15) is 18.8 Å². The third-order valence-electron chi connectivity index (χ3n) is 3.42. The molecule has 2 rings (SSSR count). The van der Waals surface area contributed by atoms with E-state index in [4.69, 9.17) is 0 Å². The van der Waals surface area contributed by atoms with Crippen LogP contribution in [0.4, 0.5) is 21.5 Å². The van der Waals surface area contributed by atoms with Gasteiger partial charge in [0.1, 0.15) is 5.82 Å². The zero-order valence-corrected chi connectivity index (χ0v) is 15.1. The second-order valence-corrected chi connectivity index (χ2v) is 6.04. The summed E-state index contributed by atoms with van der Waals surface area (Å²) in [6.45, 7) is 1.39. The number of hydrogen-bond acceptors (Lipinski definition) is 4. The average molecular weight is 372 g/mol. The standard InChI is InChI=1S/C19H21FN4O3/c1-13(25)21-15-6-8-16(9-7-15)22-18(26)11-24(2)12-19(27)23-17-5-3-4-14(20)10-17/h3-10H,11-12H2,1-2H3,(H,21,25)(H,22,26)(H,23,27). The van der Waals surface area contributed by atoms with Crippen LogP contribution < -0.4 is 16.0 Å². The normalized spacial score (nSPS) is 10.4. The lowest BCUT2D eigenvalue weighted by molar-refractivity contribution is -0.119. The van der Waals surface area contributed by atoms with Crippen molar-refractivity contribution in [2.75, 3.05) is 36.1 Å². The first-order valence-electron chi connectivity index (χ1n) is 8.23. The van der Waals surface area contributed by atoms with Gasteiger partial charge in [-0.2, -0.15) is 0 Å². The van der Waals surface area contributed by atoms with Crippen molar-refractivity contribution >= 4 is 34.8 Å². The van der Waals surface area contributed by atoms with Gasteiger partial charge in [-0.1, -0.05) is 6.07 Å². The largest absolute Gasteiger partial charge is 0.326 e. The summed E-state index contributed by atoms with van der Waals surface area (Å²) in [6, 6.07) is 12.3. The highest BCUT2D eigenvalue weighted by molar-refractivity contribution is 5.95. The molecule has 0 aliphatic carbocycles. The summed E-state index contributed by atoms with van der Waals surface area (Å²) in [7, 11) is 1.63. The Hall–Kier alpha value is -3.26. The Morgan fingerprint density at radius 2 is 1.37 bits per heavy atom. The first-order valence-corrected chi connectivity index (χ1v) is 8.23. The minimum Gasteiger partial charge on any atom is -0.326 e. The van der Waals surface area contributed by atoms with Crippen molar-refractivity contribution in [1.29, 1.82) is 0 Å². The van der Waals surface area contributed by atoms with Crippen LogP contribution in [-0.2, 0) is 14.4 Å². The third-order valence-corrected chi connectivity index (χ3v) is 3.42. The van der Waals surface area contributed by atoms with Gasteiger partial charge in [0, 0.05) is 24.0 Å². The van der Waals surface area contributed by atoms with E-state index in [1.165, 1.54) is 30.0 Å². The van der Waals surface area contributed by atoms with Gasteiger partial charge in [0.15, 0.2) is 0 Å². The SMILES string of the molecule is CC(=O)Nc1ccc(NC(=O)CN(C)CC(=O)Nc2cccc(F)c2)cc1. The molecule has 2 aromatic rings. The molecule has 7 nitrogen and oxygen atoms in total. The molecule has 0 radical (unpaired) electrons. The summed E-state index contributed by atoms with van der Waals surface area (Å²) in [5, 5.41) is 7.92. The van der Waals surface area contributed by atoms with E-state index in [1.807, 2.05) is 0 Å². The molecule has 0 saturated carbocycles. The number of benzene rings is 2. The Balaban J connectivity index is 1.79. The number of amides is 3. The highest BCUT2D eigenvalue weighted by Gasteiger charge is 2.11. The van der Waals surface area contributed by atoms with Crippen LogP contribution in [0, 0.1) is 5.82 Å². The number of nitrogens with one attached hydrogen (secondary N) is 3. The van der Waals surface area contributed by atoms with Crippen LogP contribution >= 0.6 is 0 Å². The first kappa shape index (κ1) is 20.1. The van der Waals surface area contributed by atoms with Crippen molar-refractivity contribution < 1.29 is 18.8 Å². The van der Waals surface area contributed by atoms with Gasteiger partial charge in [-0.3, -0.25) is 19.3 Å². The lowest BCUT2D eigenvalue weighted by atomic mass is 10.2.